The van der Waals surface area contributed by atoms with Crippen molar-refractivity contribution in [2.24, 2.45) is 0 Å². The van der Waals surface area contributed by atoms with E-state index >= 15 is 0 Å². The first-order chi connectivity index (χ1) is 7.72. The Hall–Kier alpha value is -1.14. The van der Waals surface area contributed by atoms with Gasteiger partial charge in [-0.3, -0.25) is 0 Å². The third-order valence-corrected chi connectivity index (χ3v) is 3.80. The van der Waals surface area contributed by atoms with E-state index in [-0.39, 0.29) is 12.0 Å². The summed E-state index contributed by atoms with van der Waals surface area (Å²) >= 11 is 1.55. The van der Waals surface area contributed by atoms with Crippen LogP contribution in [0, 0.1) is 0 Å². The van der Waals surface area contributed by atoms with Crippen LogP contribution in [0.5, 0.6) is 0 Å². The molecule has 1 aliphatic heterocycles. The number of aromatic nitrogens is 1. The van der Waals surface area contributed by atoms with E-state index in [0.29, 0.717) is 13.1 Å². The van der Waals surface area contributed by atoms with E-state index < -0.39 is 6.09 Å². The third kappa shape index (κ3) is 2.17. The van der Waals surface area contributed by atoms with Gasteiger partial charge in [-0.05, 0) is 6.42 Å². The minimum absolute atomic E-state index is 0.0647. The van der Waals surface area contributed by atoms with E-state index in [0.717, 1.165) is 11.4 Å². The molecular weight excluding hydrogens is 228 g/mol. The predicted molar refractivity (Wildman–Crippen MR) is 59.9 cm³/mol. The molecule has 1 aromatic heterocycles. The van der Waals surface area contributed by atoms with Crippen molar-refractivity contribution in [1.29, 1.82) is 0 Å². The number of nitrogens with zero attached hydrogens (tertiary/aromatic N) is 2. The zero-order chi connectivity index (χ0) is 11.5. The van der Waals surface area contributed by atoms with E-state index in [1.807, 2.05) is 5.38 Å². The van der Waals surface area contributed by atoms with Crippen molar-refractivity contribution in [2.75, 3.05) is 20.2 Å². The average molecular weight is 242 g/mol. The highest BCUT2D eigenvalue weighted by molar-refractivity contribution is 7.09. The monoisotopic (exact) mass is 242 g/mol. The lowest BCUT2D eigenvalue weighted by Gasteiger charge is -2.35. The van der Waals surface area contributed by atoms with E-state index in [9.17, 15) is 4.79 Å². The van der Waals surface area contributed by atoms with E-state index in [1.54, 1.807) is 24.6 Å². The van der Waals surface area contributed by atoms with E-state index in [1.165, 1.54) is 4.90 Å². The van der Waals surface area contributed by atoms with Gasteiger partial charge in [0.1, 0.15) is 0 Å². The Labute approximate surface area is 97.7 Å². The van der Waals surface area contributed by atoms with Gasteiger partial charge in [0.25, 0.3) is 0 Å². The van der Waals surface area contributed by atoms with Gasteiger partial charge in [-0.15, -0.1) is 11.3 Å². The fourth-order valence-electron chi connectivity index (χ4n) is 2.04. The van der Waals surface area contributed by atoms with Gasteiger partial charge in [-0.1, -0.05) is 0 Å². The SMILES string of the molecule is CO[C@H]1CCN(C(=O)O)C[C@@H]1c1nccs1. The molecule has 5 nitrogen and oxygen atoms in total. The van der Waals surface area contributed by atoms with Crippen LogP contribution in [0.1, 0.15) is 17.3 Å². The van der Waals surface area contributed by atoms with Crippen LogP contribution in [0.25, 0.3) is 0 Å². The third-order valence-electron chi connectivity index (χ3n) is 2.89. The first kappa shape index (κ1) is 11.3. The topological polar surface area (TPSA) is 62.7 Å². The molecule has 0 unspecified atom stereocenters. The number of hydrogen-bond acceptors (Lipinski definition) is 4. The van der Waals surface area contributed by atoms with Crippen molar-refractivity contribution < 1.29 is 14.6 Å². The number of ether oxygens (including phenoxy) is 1. The average Bonchev–Trinajstić information content (AvgIpc) is 2.81. The molecule has 16 heavy (non-hydrogen) atoms. The molecule has 1 aromatic rings. The van der Waals surface area contributed by atoms with Gasteiger partial charge in [0.05, 0.1) is 17.0 Å². The van der Waals surface area contributed by atoms with Crippen LogP contribution in [-0.4, -0.2) is 47.4 Å². The molecule has 2 atom stereocenters. The second kappa shape index (κ2) is 4.80. The maximum absolute atomic E-state index is 10.9. The summed E-state index contributed by atoms with van der Waals surface area (Å²) in [5.74, 6) is 0.0647. The summed E-state index contributed by atoms with van der Waals surface area (Å²) in [7, 11) is 1.67. The molecule has 0 saturated carbocycles. The van der Waals surface area contributed by atoms with Crippen LogP contribution in [0.4, 0.5) is 4.79 Å². The number of likely N-dealkylation sites (tertiary alicyclic amines) is 1. The summed E-state index contributed by atoms with van der Waals surface area (Å²) in [4.78, 5) is 16.6. The molecule has 88 valence electrons. The van der Waals surface area contributed by atoms with Gasteiger partial charge in [-0.2, -0.15) is 0 Å². The van der Waals surface area contributed by atoms with Crippen LogP contribution in [0.15, 0.2) is 11.6 Å². The van der Waals surface area contributed by atoms with Gasteiger partial charge in [0, 0.05) is 31.8 Å². The lowest BCUT2D eigenvalue weighted by atomic mass is 9.95. The number of amides is 1. The van der Waals surface area contributed by atoms with Crippen LogP contribution >= 0.6 is 11.3 Å². The summed E-state index contributed by atoms with van der Waals surface area (Å²) in [5.41, 5.74) is 0. The van der Waals surface area contributed by atoms with Crippen molar-refractivity contribution >= 4 is 17.4 Å². The molecule has 1 N–H and O–H groups in total. The van der Waals surface area contributed by atoms with Crippen LogP contribution < -0.4 is 0 Å². The standard InChI is InChI=1S/C10H14N2O3S/c1-15-8-2-4-12(10(13)14)6-7(8)9-11-3-5-16-9/h3,5,7-8H,2,4,6H2,1H3,(H,13,14)/t7-,8-/m0/s1. The summed E-state index contributed by atoms with van der Waals surface area (Å²) in [6, 6.07) is 0. The number of piperidine rings is 1. The molecule has 2 heterocycles. The summed E-state index contributed by atoms with van der Waals surface area (Å²) in [6.07, 6.45) is 1.68. The van der Waals surface area contributed by atoms with Crippen molar-refractivity contribution in [3.8, 4) is 0 Å². The lowest BCUT2D eigenvalue weighted by Crippen LogP contribution is -2.44. The van der Waals surface area contributed by atoms with Crippen LogP contribution in [0.2, 0.25) is 0 Å². The Balaban J connectivity index is 2.14. The first-order valence-electron chi connectivity index (χ1n) is 5.12. The second-order valence-electron chi connectivity index (χ2n) is 3.77. The fourth-order valence-corrected chi connectivity index (χ4v) is 2.83. The zero-order valence-corrected chi connectivity index (χ0v) is 9.81. The smallest absolute Gasteiger partial charge is 0.407 e. The molecule has 6 heteroatoms. The molecule has 0 bridgehead atoms. The Morgan fingerprint density at radius 3 is 3.12 bits per heavy atom. The molecule has 1 saturated heterocycles. The molecule has 0 aliphatic carbocycles. The summed E-state index contributed by atoms with van der Waals surface area (Å²) in [5, 5.41) is 11.8. The molecular formula is C10H14N2O3S. The Morgan fingerprint density at radius 2 is 2.56 bits per heavy atom. The molecule has 0 spiro atoms. The van der Waals surface area contributed by atoms with Gasteiger partial charge in [-0.25, -0.2) is 9.78 Å². The van der Waals surface area contributed by atoms with Crippen molar-refractivity contribution in [3.63, 3.8) is 0 Å². The van der Waals surface area contributed by atoms with Gasteiger partial charge in [0.15, 0.2) is 0 Å². The number of thiazole rings is 1. The highest BCUT2D eigenvalue weighted by Gasteiger charge is 2.33. The second-order valence-corrected chi connectivity index (χ2v) is 4.69. The summed E-state index contributed by atoms with van der Waals surface area (Å²) < 4.78 is 5.40. The Morgan fingerprint density at radius 1 is 1.75 bits per heavy atom. The first-order valence-corrected chi connectivity index (χ1v) is 6.00. The largest absolute Gasteiger partial charge is 0.465 e. The number of carbonyl (C=O) groups is 1. The van der Waals surface area contributed by atoms with Crippen molar-refractivity contribution in [2.45, 2.75) is 18.4 Å². The molecule has 1 aliphatic rings. The van der Waals surface area contributed by atoms with Crippen molar-refractivity contribution in [1.82, 2.24) is 9.88 Å². The fraction of sp³-hybridized carbons (Fsp3) is 0.600. The summed E-state index contributed by atoms with van der Waals surface area (Å²) in [6.45, 7) is 1.01. The predicted octanol–water partition coefficient (Wildman–Crippen LogP) is 1.63. The van der Waals surface area contributed by atoms with Gasteiger partial charge < -0.3 is 14.7 Å². The number of carboxylic acid groups (broad SMARTS) is 1. The minimum Gasteiger partial charge on any atom is -0.465 e. The minimum atomic E-state index is -0.865. The van der Waals surface area contributed by atoms with E-state index in [4.69, 9.17) is 9.84 Å². The Bertz CT molecular complexity index is 355. The van der Waals surface area contributed by atoms with Gasteiger partial charge >= 0.3 is 6.09 Å². The molecule has 1 fully saturated rings. The van der Waals surface area contributed by atoms with Crippen LogP contribution in [0.3, 0.4) is 0 Å². The maximum atomic E-state index is 10.9. The molecule has 0 radical (unpaired) electrons. The Kier molecular flexibility index (Phi) is 3.40. The maximum Gasteiger partial charge on any atom is 0.407 e. The number of hydrogen-bond donors (Lipinski definition) is 1. The molecule has 0 aromatic carbocycles. The van der Waals surface area contributed by atoms with Crippen molar-refractivity contribution in [3.05, 3.63) is 16.6 Å². The molecule has 1 amide bonds. The highest BCUT2D eigenvalue weighted by Crippen LogP contribution is 2.30. The number of methoxy groups -OCH3 is 1. The van der Waals surface area contributed by atoms with Crippen LogP contribution in [-0.2, 0) is 4.74 Å². The molecule has 2 rings (SSSR count). The number of rotatable bonds is 2. The van der Waals surface area contributed by atoms with Gasteiger partial charge in [0.2, 0.25) is 0 Å². The quantitative estimate of drug-likeness (QED) is 0.856. The normalized spacial score (nSPS) is 25.7. The lowest BCUT2D eigenvalue weighted by molar-refractivity contribution is 0.0245. The highest BCUT2D eigenvalue weighted by atomic mass is 32.1. The zero-order valence-electron chi connectivity index (χ0n) is 9.00. The van der Waals surface area contributed by atoms with E-state index in [2.05, 4.69) is 4.98 Å².